The molecule has 0 aromatic heterocycles. The molecule has 1 heterocycles. The van der Waals surface area contributed by atoms with E-state index >= 15 is 0 Å². The molecular weight excluding hydrogens is 408 g/mol. The fourth-order valence-corrected chi connectivity index (χ4v) is 4.35. The van der Waals surface area contributed by atoms with Gasteiger partial charge in [0.05, 0.1) is 5.57 Å². The fraction of sp³-hybridized carbons (Fsp3) is 0.154. The number of benzene rings is 3. The molecule has 4 nitrogen and oxygen atoms in total. The molecular formula is C26H21ClN2O2. The van der Waals surface area contributed by atoms with Crippen LogP contribution in [-0.4, -0.2) is 37.7 Å². The van der Waals surface area contributed by atoms with Gasteiger partial charge in [0.1, 0.15) is 0 Å². The van der Waals surface area contributed by atoms with Gasteiger partial charge in [0.15, 0.2) is 11.6 Å². The zero-order valence-electron chi connectivity index (χ0n) is 16.9. The Morgan fingerprint density at radius 3 is 1.58 bits per heavy atom. The summed E-state index contributed by atoms with van der Waals surface area (Å²) < 4.78 is 0. The standard InChI is InChI=1S/C26H21ClN2O2/c27-19-7-11-21(12-8-19)29-15-13-28(14-16-29)20-9-5-18(6-10-20)17-24-25(30)22-3-1-2-4-23(22)26(24)31/h1-12,17H,13-16H2. The first-order chi connectivity index (χ1) is 15.1. The van der Waals surface area contributed by atoms with Crippen LogP contribution in [0.4, 0.5) is 11.4 Å². The van der Waals surface area contributed by atoms with Gasteiger partial charge in [0.25, 0.3) is 0 Å². The highest BCUT2D eigenvalue weighted by Crippen LogP contribution is 2.28. The van der Waals surface area contributed by atoms with Crippen LogP contribution in [0, 0.1) is 0 Å². The second kappa shape index (κ2) is 8.05. The van der Waals surface area contributed by atoms with Crippen molar-refractivity contribution in [2.24, 2.45) is 0 Å². The number of rotatable bonds is 3. The third-order valence-corrected chi connectivity index (χ3v) is 6.20. The Balaban J connectivity index is 1.27. The van der Waals surface area contributed by atoms with E-state index in [9.17, 15) is 9.59 Å². The van der Waals surface area contributed by atoms with Crippen LogP contribution in [-0.2, 0) is 0 Å². The van der Waals surface area contributed by atoms with Crippen LogP contribution in [0.3, 0.4) is 0 Å². The minimum atomic E-state index is -0.192. The van der Waals surface area contributed by atoms with Crippen LogP contribution in [0.15, 0.2) is 78.4 Å². The molecule has 0 atom stereocenters. The highest BCUT2D eigenvalue weighted by atomic mass is 35.5. The van der Waals surface area contributed by atoms with E-state index in [1.807, 2.05) is 24.3 Å². The molecule has 2 aliphatic rings. The van der Waals surface area contributed by atoms with Gasteiger partial charge in [-0.3, -0.25) is 9.59 Å². The van der Waals surface area contributed by atoms with Gasteiger partial charge in [-0.1, -0.05) is 48.0 Å². The lowest BCUT2D eigenvalue weighted by molar-refractivity contribution is 0.0990. The van der Waals surface area contributed by atoms with E-state index in [2.05, 4.69) is 34.1 Å². The first kappa shape index (κ1) is 19.6. The van der Waals surface area contributed by atoms with E-state index < -0.39 is 0 Å². The summed E-state index contributed by atoms with van der Waals surface area (Å²) in [6.45, 7) is 3.73. The maximum absolute atomic E-state index is 12.6. The maximum Gasteiger partial charge on any atom is 0.197 e. The molecule has 5 rings (SSSR count). The molecule has 154 valence electrons. The second-order valence-corrected chi connectivity index (χ2v) is 8.24. The van der Waals surface area contributed by atoms with Gasteiger partial charge in [-0.25, -0.2) is 0 Å². The van der Waals surface area contributed by atoms with Gasteiger partial charge in [0, 0.05) is 53.7 Å². The molecule has 0 saturated carbocycles. The predicted octanol–water partition coefficient (Wildman–Crippen LogP) is 5.13. The van der Waals surface area contributed by atoms with Crippen molar-refractivity contribution in [3.8, 4) is 0 Å². The van der Waals surface area contributed by atoms with Crippen molar-refractivity contribution in [2.45, 2.75) is 0 Å². The summed E-state index contributed by atoms with van der Waals surface area (Å²) in [5, 5.41) is 0.752. The molecule has 1 aliphatic carbocycles. The lowest BCUT2D eigenvalue weighted by Gasteiger charge is -2.37. The monoisotopic (exact) mass is 428 g/mol. The van der Waals surface area contributed by atoms with Gasteiger partial charge in [0.2, 0.25) is 0 Å². The molecule has 3 aromatic carbocycles. The number of hydrogen-bond donors (Lipinski definition) is 0. The molecule has 0 spiro atoms. The molecule has 1 fully saturated rings. The normalized spacial score (nSPS) is 16.0. The van der Waals surface area contributed by atoms with E-state index in [0.29, 0.717) is 11.1 Å². The zero-order chi connectivity index (χ0) is 21.4. The zero-order valence-corrected chi connectivity index (χ0v) is 17.7. The number of fused-ring (bicyclic) bond motifs is 1. The smallest absolute Gasteiger partial charge is 0.197 e. The third kappa shape index (κ3) is 3.75. The van der Waals surface area contributed by atoms with Crippen molar-refractivity contribution in [3.05, 3.63) is 100 Å². The van der Waals surface area contributed by atoms with Gasteiger partial charge >= 0.3 is 0 Å². The Kier molecular flexibility index (Phi) is 5.08. The lowest BCUT2D eigenvalue weighted by Crippen LogP contribution is -2.46. The van der Waals surface area contributed by atoms with Gasteiger partial charge in [-0.2, -0.15) is 0 Å². The number of Topliss-reactive ketones (excluding diaryl/α,β-unsaturated/α-hetero) is 2. The van der Waals surface area contributed by atoms with Gasteiger partial charge in [-0.05, 0) is 48.0 Å². The Morgan fingerprint density at radius 2 is 1.10 bits per heavy atom. The molecule has 1 saturated heterocycles. The van der Waals surface area contributed by atoms with Gasteiger partial charge in [-0.15, -0.1) is 0 Å². The van der Waals surface area contributed by atoms with Crippen molar-refractivity contribution < 1.29 is 9.59 Å². The lowest BCUT2D eigenvalue weighted by atomic mass is 10.1. The van der Waals surface area contributed by atoms with Crippen LogP contribution >= 0.6 is 11.6 Å². The number of carbonyl (C=O) groups is 2. The van der Waals surface area contributed by atoms with Crippen molar-refractivity contribution in [2.75, 3.05) is 36.0 Å². The quantitative estimate of drug-likeness (QED) is 0.428. The van der Waals surface area contributed by atoms with Crippen LogP contribution in [0.1, 0.15) is 26.3 Å². The molecule has 0 bridgehead atoms. The van der Waals surface area contributed by atoms with Crippen molar-refractivity contribution >= 4 is 40.6 Å². The molecule has 0 unspecified atom stereocenters. The third-order valence-electron chi connectivity index (χ3n) is 5.95. The van der Waals surface area contributed by atoms with E-state index in [0.717, 1.165) is 42.5 Å². The maximum atomic E-state index is 12.6. The summed E-state index contributed by atoms with van der Waals surface area (Å²) in [6.07, 6.45) is 1.70. The number of piperazine rings is 1. The first-order valence-electron chi connectivity index (χ1n) is 10.4. The van der Waals surface area contributed by atoms with Crippen LogP contribution in [0.5, 0.6) is 0 Å². The molecule has 0 N–H and O–H groups in total. The highest BCUT2D eigenvalue weighted by Gasteiger charge is 2.32. The Hall–Kier alpha value is -3.37. The van der Waals surface area contributed by atoms with Crippen LogP contribution < -0.4 is 9.80 Å². The van der Waals surface area contributed by atoms with Crippen LogP contribution in [0.25, 0.3) is 6.08 Å². The summed E-state index contributed by atoms with van der Waals surface area (Å²) in [5.74, 6) is -0.383. The van der Waals surface area contributed by atoms with Crippen molar-refractivity contribution in [3.63, 3.8) is 0 Å². The molecule has 0 radical (unpaired) electrons. The largest absolute Gasteiger partial charge is 0.368 e. The number of nitrogens with zero attached hydrogens (tertiary/aromatic N) is 2. The molecule has 31 heavy (non-hydrogen) atoms. The summed E-state index contributed by atoms with van der Waals surface area (Å²) in [5.41, 5.74) is 4.42. The molecule has 3 aromatic rings. The minimum absolute atomic E-state index is 0.192. The summed E-state index contributed by atoms with van der Waals surface area (Å²) in [7, 11) is 0. The number of halogens is 1. The fourth-order valence-electron chi connectivity index (χ4n) is 4.23. The van der Waals surface area contributed by atoms with E-state index in [1.165, 1.54) is 5.69 Å². The first-order valence-corrected chi connectivity index (χ1v) is 10.7. The number of anilines is 2. The van der Waals surface area contributed by atoms with Crippen molar-refractivity contribution in [1.82, 2.24) is 0 Å². The van der Waals surface area contributed by atoms with E-state index in [1.54, 1.807) is 30.3 Å². The predicted molar refractivity (Wildman–Crippen MR) is 125 cm³/mol. The summed E-state index contributed by atoms with van der Waals surface area (Å²) in [6, 6.07) is 23.0. The second-order valence-electron chi connectivity index (χ2n) is 7.80. The molecule has 0 amide bonds. The summed E-state index contributed by atoms with van der Waals surface area (Å²) >= 11 is 5.99. The number of ketones is 2. The van der Waals surface area contributed by atoms with E-state index in [-0.39, 0.29) is 17.1 Å². The Labute approximate surface area is 186 Å². The summed E-state index contributed by atoms with van der Waals surface area (Å²) in [4.78, 5) is 29.9. The topological polar surface area (TPSA) is 40.6 Å². The van der Waals surface area contributed by atoms with E-state index in [4.69, 9.17) is 11.6 Å². The number of allylic oxidation sites excluding steroid dienone is 1. The molecule has 1 aliphatic heterocycles. The SMILES string of the molecule is O=C1C(=Cc2ccc(N3CCN(c4ccc(Cl)cc4)CC3)cc2)C(=O)c2ccccc21. The van der Waals surface area contributed by atoms with Crippen molar-refractivity contribution in [1.29, 1.82) is 0 Å². The molecule has 5 heteroatoms. The Bertz CT molecular complexity index is 1140. The number of hydrogen-bond acceptors (Lipinski definition) is 4. The van der Waals surface area contributed by atoms with Crippen LogP contribution in [0.2, 0.25) is 5.02 Å². The van der Waals surface area contributed by atoms with Gasteiger partial charge < -0.3 is 9.80 Å². The number of carbonyl (C=O) groups excluding carboxylic acids is 2. The highest BCUT2D eigenvalue weighted by molar-refractivity contribution is 6.41. The minimum Gasteiger partial charge on any atom is -0.368 e. The average Bonchev–Trinajstić information content (AvgIpc) is 3.05. The Morgan fingerprint density at radius 1 is 0.645 bits per heavy atom. The average molecular weight is 429 g/mol.